The van der Waals surface area contributed by atoms with Gasteiger partial charge in [0, 0.05) is 26.2 Å². The Labute approximate surface area is 170 Å². The third-order valence-corrected chi connectivity index (χ3v) is 5.45. The number of allylic oxidation sites excluding steroid dienone is 2. The predicted molar refractivity (Wildman–Crippen MR) is 103 cm³/mol. The standard InChI is InChI=1S/C24H25.Zr/c1-17-8-11-21(12-9-17)22-13-10-18(2)23-15-20(16-24(22)23)14-19-6-4-3-5-7-19;/h8-14,16,19H,3-7H2,1-2H3;/q-1;. The summed E-state index contributed by atoms with van der Waals surface area (Å²) in [6.07, 6.45) is 15.4. The molecule has 0 unspecified atom stereocenters. The molecule has 0 atom stereocenters. The number of hydrogen-bond donors (Lipinski definition) is 0. The van der Waals surface area contributed by atoms with E-state index in [-0.39, 0.29) is 26.2 Å². The molecule has 0 saturated heterocycles. The van der Waals surface area contributed by atoms with E-state index in [2.05, 4.69) is 68.5 Å². The van der Waals surface area contributed by atoms with Gasteiger partial charge in [0.05, 0.1) is 0 Å². The maximum atomic E-state index is 3.68. The molecule has 0 nitrogen and oxygen atoms in total. The fourth-order valence-electron chi connectivity index (χ4n) is 4.01. The molecular weight excluding hydrogens is 379 g/mol. The van der Waals surface area contributed by atoms with E-state index in [4.69, 9.17) is 0 Å². The van der Waals surface area contributed by atoms with E-state index in [0.29, 0.717) is 0 Å². The minimum Gasteiger partial charge on any atom is -0.145 e. The van der Waals surface area contributed by atoms with Crippen LogP contribution in [-0.4, -0.2) is 0 Å². The van der Waals surface area contributed by atoms with Crippen molar-refractivity contribution in [2.75, 3.05) is 0 Å². The van der Waals surface area contributed by atoms with Gasteiger partial charge in [-0.15, -0.1) is 39.8 Å². The summed E-state index contributed by atoms with van der Waals surface area (Å²) in [4.78, 5) is 0. The first-order valence-electron chi connectivity index (χ1n) is 9.25. The second kappa shape index (κ2) is 8.00. The SMILES string of the molecule is Cc1ccc(-c2ccc(C)c3c2=CC(=CC2CCCCC2)[C-]=3)cc1.[Zr]. The molecule has 25 heavy (non-hydrogen) atoms. The average Bonchev–Trinajstić information content (AvgIpc) is 3.02. The van der Waals surface area contributed by atoms with Gasteiger partial charge in [0.25, 0.3) is 0 Å². The van der Waals surface area contributed by atoms with Crippen molar-refractivity contribution >= 4 is 12.2 Å². The molecule has 2 aromatic rings. The summed E-state index contributed by atoms with van der Waals surface area (Å²) in [6, 6.07) is 13.4. The number of benzene rings is 2. The molecule has 1 fully saturated rings. The molecule has 1 heteroatoms. The van der Waals surface area contributed by atoms with Crippen molar-refractivity contribution in [3.8, 4) is 11.1 Å². The van der Waals surface area contributed by atoms with Crippen molar-refractivity contribution < 1.29 is 26.2 Å². The molecule has 0 heterocycles. The predicted octanol–water partition coefficient (Wildman–Crippen LogP) is 4.93. The molecule has 0 aromatic heterocycles. The molecular formula is C24H25Zr-. The van der Waals surface area contributed by atoms with Gasteiger partial charge in [-0.1, -0.05) is 86.6 Å². The van der Waals surface area contributed by atoms with Crippen molar-refractivity contribution in [3.05, 3.63) is 69.6 Å². The first kappa shape index (κ1) is 18.6. The van der Waals surface area contributed by atoms with Gasteiger partial charge in [-0.3, -0.25) is 0 Å². The van der Waals surface area contributed by atoms with Gasteiger partial charge >= 0.3 is 0 Å². The van der Waals surface area contributed by atoms with Crippen LogP contribution in [0.25, 0.3) is 23.3 Å². The molecule has 0 radical (unpaired) electrons. The Morgan fingerprint density at radius 1 is 0.920 bits per heavy atom. The van der Waals surface area contributed by atoms with Gasteiger partial charge in [0.2, 0.25) is 0 Å². The summed E-state index contributed by atoms with van der Waals surface area (Å²) >= 11 is 0. The van der Waals surface area contributed by atoms with Gasteiger partial charge in [-0.25, -0.2) is 0 Å². The third kappa shape index (κ3) is 3.98. The average molecular weight is 405 g/mol. The Bertz CT molecular complexity index is 894. The molecule has 2 aromatic carbocycles. The van der Waals surface area contributed by atoms with Crippen LogP contribution in [0.2, 0.25) is 0 Å². The maximum absolute atomic E-state index is 3.68. The Morgan fingerprint density at radius 2 is 1.64 bits per heavy atom. The van der Waals surface area contributed by atoms with Gasteiger partial charge < -0.3 is 0 Å². The van der Waals surface area contributed by atoms with Crippen LogP contribution in [0.3, 0.4) is 0 Å². The molecule has 0 amide bonds. The van der Waals surface area contributed by atoms with E-state index in [1.54, 1.807) is 0 Å². The van der Waals surface area contributed by atoms with Crippen LogP contribution >= 0.6 is 0 Å². The van der Waals surface area contributed by atoms with Gasteiger partial charge in [0.1, 0.15) is 0 Å². The molecule has 2 aliphatic carbocycles. The fourth-order valence-corrected chi connectivity index (χ4v) is 4.01. The van der Waals surface area contributed by atoms with Gasteiger partial charge in [-0.05, 0) is 18.4 Å². The van der Waals surface area contributed by atoms with Crippen molar-refractivity contribution in [1.82, 2.24) is 0 Å². The van der Waals surface area contributed by atoms with Crippen LogP contribution in [0.5, 0.6) is 0 Å². The second-order valence-electron chi connectivity index (χ2n) is 7.37. The smallest absolute Gasteiger partial charge is 0 e. The third-order valence-electron chi connectivity index (χ3n) is 5.45. The topological polar surface area (TPSA) is 0 Å². The summed E-state index contributed by atoms with van der Waals surface area (Å²) in [5, 5.41) is 2.64. The number of aryl methyl sites for hydroxylation is 2. The quantitative estimate of drug-likeness (QED) is 0.623. The Kier molecular flexibility index (Phi) is 5.95. The van der Waals surface area contributed by atoms with Crippen LogP contribution in [0.4, 0.5) is 0 Å². The molecule has 2 aliphatic rings. The van der Waals surface area contributed by atoms with Crippen LogP contribution in [0, 0.1) is 19.8 Å². The zero-order chi connectivity index (χ0) is 16.5. The summed E-state index contributed by atoms with van der Waals surface area (Å²) in [5.74, 6) is 0.745. The van der Waals surface area contributed by atoms with Crippen LogP contribution < -0.4 is 10.4 Å². The number of hydrogen-bond acceptors (Lipinski definition) is 0. The maximum Gasteiger partial charge on any atom is 0 e. The normalized spacial score (nSPS) is 18.2. The molecule has 0 N–H and O–H groups in total. The van der Waals surface area contributed by atoms with E-state index >= 15 is 0 Å². The number of rotatable bonds is 2. The molecule has 0 aliphatic heterocycles. The van der Waals surface area contributed by atoms with Crippen molar-refractivity contribution in [2.45, 2.75) is 46.0 Å². The van der Waals surface area contributed by atoms with E-state index < -0.39 is 0 Å². The molecule has 1 saturated carbocycles. The van der Waals surface area contributed by atoms with Crippen LogP contribution in [0.15, 0.2) is 48.0 Å². The molecule has 4 rings (SSSR count). The van der Waals surface area contributed by atoms with Crippen molar-refractivity contribution in [2.24, 2.45) is 5.92 Å². The van der Waals surface area contributed by atoms with Gasteiger partial charge in [0.15, 0.2) is 0 Å². The minimum atomic E-state index is 0. The Hall–Kier alpha value is -1.20. The zero-order valence-corrected chi connectivity index (χ0v) is 17.7. The number of fused-ring (bicyclic) bond motifs is 1. The monoisotopic (exact) mass is 403 g/mol. The van der Waals surface area contributed by atoms with Crippen LogP contribution in [-0.2, 0) is 26.2 Å². The summed E-state index contributed by atoms with van der Waals surface area (Å²) in [5.41, 5.74) is 6.55. The molecule has 0 spiro atoms. The first-order chi connectivity index (χ1) is 11.7. The first-order valence-corrected chi connectivity index (χ1v) is 9.25. The van der Waals surface area contributed by atoms with Crippen molar-refractivity contribution in [1.29, 1.82) is 0 Å². The minimum absolute atomic E-state index is 0. The van der Waals surface area contributed by atoms with Crippen LogP contribution in [0.1, 0.15) is 43.2 Å². The molecule has 126 valence electrons. The second-order valence-corrected chi connectivity index (χ2v) is 7.37. The fraction of sp³-hybridized carbons (Fsp3) is 0.333. The molecule has 0 bridgehead atoms. The van der Waals surface area contributed by atoms with Gasteiger partial charge in [-0.2, -0.15) is 0 Å². The van der Waals surface area contributed by atoms with E-state index in [0.717, 1.165) is 5.92 Å². The van der Waals surface area contributed by atoms with E-state index in [1.807, 2.05) is 0 Å². The summed E-state index contributed by atoms with van der Waals surface area (Å²) in [7, 11) is 0. The van der Waals surface area contributed by atoms with E-state index in [9.17, 15) is 0 Å². The largest absolute Gasteiger partial charge is 0.145 e. The zero-order valence-electron chi connectivity index (χ0n) is 15.2. The van der Waals surface area contributed by atoms with Crippen molar-refractivity contribution in [3.63, 3.8) is 0 Å². The Balaban J connectivity index is 0.00000182. The summed E-state index contributed by atoms with van der Waals surface area (Å²) in [6.45, 7) is 4.34. The Morgan fingerprint density at radius 3 is 2.36 bits per heavy atom. The summed E-state index contributed by atoms with van der Waals surface area (Å²) < 4.78 is 0. The van der Waals surface area contributed by atoms with E-state index in [1.165, 1.54) is 70.4 Å².